The van der Waals surface area contributed by atoms with Gasteiger partial charge in [0.15, 0.2) is 0 Å². The molecule has 0 aliphatic carbocycles. The van der Waals surface area contributed by atoms with Gasteiger partial charge in [-0.2, -0.15) is 5.10 Å². The summed E-state index contributed by atoms with van der Waals surface area (Å²) in [6.45, 7) is 5.37. The summed E-state index contributed by atoms with van der Waals surface area (Å²) in [6, 6.07) is 8.48. The van der Waals surface area contributed by atoms with Gasteiger partial charge in [0, 0.05) is 42.4 Å². The fourth-order valence-corrected chi connectivity index (χ4v) is 3.49. The molecule has 1 aromatic carbocycles. The maximum absolute atomic E-state index is 13.2. The van der Waals surface area contributed by atoms with E-state index in [2.05, 4.69) is 17.0 Å². The normalized spacial score (nSPS) is 10.9. The minimum atomic E-state index is -0.309. The summed E-state index contributed by atoms with van der Waals surface area (Å²) in [5.41, 5.74) is 1.23. The maximum Gasteiger partial charge on any atom is 0.244 e. The van der Waals surface area contributed by atoms with Crippen molar-refractivity contribution in [3.05, 3.63) is 47.8 Å². The van der Waals surface area contributed by atoms with Gasteiger partial charge in [0.05, 0.1) is 19.2 Å². The highest BCUT2D eigenvalue weighted by Gasteiger charge is 2.22. The average Bonchev–Trinajstić information content (AvgIpc) is 3.20. The molecular formula is C24H30N4O5. The Balaban J connectivity index is 1.94. The summed E-state index contributed by atoms with van der Waals surface area (Å²) in [4.78, 5) is 32.1. The predicted molar refractivity (Wildman–Crippen MR) is 124 cm³/mol. The third-order valence-electron chi connectivity index (χ3n) is 5.31. The van der Waals surface area contributed by atoms with Crippen molar-refractivity contribution < 1.29 is 24.2 Å². The van der Waals surface area contributed by atoms with E-state index in [9.17, 15) is 9.59 Å². The molecule has 9 heteroatoms. The van der Waals surface area contributed by atoms with Crippen LogP contribution in [0, 0.1) is 0 Å². The SMILES string of the molecule is CCCCN(CC)C(=O)Cn1nc(C(=O)c2ccc(OCCO)nc2)c2ccc(OC)cc21. The number of fused-ring (bicyclic) bond motifs is 1. The van der Waals surface area contributed by atoms with Crippen LogP contribution in [-0.4, -0.2) is 69.9 Å². The number of ketones is 1. The zero-order chi connectivity index (χ0) is 23.8. The number of aliphatic hydroxyl groups excluding tert-OH is 1. The Kier molecular flexibility index (Phi) is 8.37. The Hall–Kier alpha value is -3.46. The number of methoxy groups -OCH3 is 1. The van der Waals surface area contributed by atoms with Crippen LogP contribution in [0.1, 0.15) is 42.7 Å². The van der Waals surface area contributed by atoms with Crippen LogP contribution in [0.5, 0.6) is 11.6 Å². The van der Waals surface area contributed by atoms with Crippen LogP contribution in [-0.2, 0) is 11.3 Å². The van der Waals surface area contributed by atoms with Crippen molar-refractivity contribution >= 4 is 22.6 Å². The standard InChI is InChI=1S/C24H30N4O5/c1-4-6-11-27(5-2)22(30)16-28-20-14-18(32-3)8-9-19(20)23(26-28)24(31)17-7-10-21(25-15-17)33-13-12-29/h7-10,14-15,29H,4-6,11-13,16H2,1-3H3. The van der Waals surface area contributed by atoms with Crippen molar-refractivity contribution in [1.29, 1.82) is 0 Å². The molecule has 0 aliphatic rings. The molecule has 0 spiro atoms. The van der Waals surface area contributed by atoms with E-state index in [1.165, 1.54) is 6.20 Å². The average molecular weight is 455 g/mol. The van der Waals surface area contributed by atoms with Crippen LogP contribution in [0.4, 0.5) is 0 Å². The summed E-state index contributed by atoms with van der Waals surface area (Å²) >= 11 is 0. The highest BCUT2D eigenvalue weighted by atomic mass is 16.5. The van der Waals surface area contributed by atoms with Gasteiger partial charge < -0.3 is 19.5 Å². The number of rotatable bonds is 12. The Morgan fingerprint density at radius 1 is 1.18 bits per heavy atom. The largest absolute Gasteiger partial charge is 0.497 e. The van der Waals surface area contributed by atoms with Crippen LogP contribution in [0.2, 0.25) is 0 Å². The van der Waals surface area contributed by atoms with Gasteiger partial charge in [0.1, 0.15) is 24.6 Å². The number of amides is 1. The summed E-state index contributed by atoms with van der Waals surface area (Å²) in [5.74, 6) is 0.568. The molecular weight excluding hydrogens is 424 g/mol. The van der Waals surface area contributed by atoms with Crippen molar-refractivity contribution in [2.75, 3.05) is 33.4 Å². The number of nitrogens with zero attached hydrogens (tertiary/aromatic N) is 4. The topological polar surface area (TPSA) is 107 Å². The molecule has 0 radical (unpaired) electrons. The number of hydrogen-bond donors (Lipinski definition) is 1. The molecule has 0 saturated carbocycles. The van der Waals surface area contributed by atoms with E-state index in [0.29, 0.717) is 41.2 Å². The van der Waals surface area contributed by atoms with Gasteiger partial charge in [-0.25, -0.2) is 4.98 Å². The lowest BCUT2D eigenvalue weighted by Gasteiger charge is -2.20. The van der Waals surface area contributed by atoms with Crippen molar-refractivity contribution in [3.63, 3.8) is 0 Å². The van der Waals surface area contributed by atoms with Crippen LogP contribution in [0.3, 0.4) is 0 Å². The van der Waals surface area contributed by atoms with Gasteiger partial charge in [-0.05, 0) is 31.5 Å². The van der Waals surface area contributed by atoms with Gasteiger partial charge >= 0.3 is 0 Å². The summed E-state index contributed by atoms with van der Waals surface area (Å²) in [7, 11) is 1.56. The quantitative estimate of drug-likeness (QED) is 0.419. The molecule has 0 fully saturated rings. The molecule has 0 unspecified atom stereocenters. The van der Waals surface area contributed by atoms with E-state index >= 15 is 0 Å². The first-order chi connectivity index (χ1) is 16.0. The Morgan fingerprint density at radius 3 is 2.64 bits per heavy atom. The van der Waals surface area contributed by atoms with Crippen LogP contribution in [0.25, 0.3) is 10.9 Å². The number of unbranched alkanes of at least 4 members (excludes halogenated alkanes) is 1. The molecule has 33 heavy (non-hydrogen) atoms. The van der Waals surface area contributed by atoms with Gasteiger partial charge in [0.2, 0.25) is 17.6 Å². The molecule has 1 N–H and O–H groups in total. The van der Waals surface area contributed by atoms with E-state index in [-0.39, 0.29) is 37.1 Å². The lowest BCUT2D eigenvalue weighted by molar-refractivity contribution is -0.131. The number of carbonyl (C=O) groups excluding carboxylic acids is 2. The van der Waals surface area contributed by atoms with Gasteiger partial charge in [-0.15, -0.1) is 0 Å². The smallest absolute Gasteiger partial charge is 0.244 e. The third-order valence-corrected chi connectivity index (χ3v) is 5.31. The maximum atomic E-state index is 13.2. The first-order valence-electron chi connectivity index (χ1n) is 11.1. The second kappa shape index (κ2) is 11.4. The molecule has 0 bridgehead atoms. The minimum Gasteiger partial charge on any atom is -0.497 e. The Labute approximate surface area is 192 Å². The molecule has 3 rings (SSSR count). The van der Waals surface area contributed by atoms with Gasteiger partial charge in [-0.3, -0.25) is 14.3 Å². The van der Waals surface area contributed by atoms with Gasteiger partial charge in [-0.1, -0.05) is 13.3 Å². The van der Waals surface area contributed by atoms with E-state index in [1.54, 1.807) is 47.0 Å². The number of aromatic nitrogens is 3. The van der Waals surface area contributed by atoms with E-state index < -0.39 is 0 Å². The minimum absolute atomic E-state index is 0.0285. The number of likely N-dealkylation sites (N-methyl/N-ethyl adjacent to an activating group) is 1. The van der Waals surface area contributed by atoms with Crippen LogP contribution < -0.4 is 9.47 Å². The molecule has 2 aromatic heterocycles. The zero-order valence-electron chi connectivity index (χ0n) is 19.3. The molecule has 3 aromatic rings. The van der Waals surface area contributed by atoms with Crippen molar-refractivity contribution in [1.82, 2.24) is 19.7 Å². The van der Waals surface area contributed by atoms with Crippen molar-refractivity contribution in [3.8, 4) is 11.6 Å². The monoisotopic (exact) mass is 454 g/mol. The third kappa shape index (κ3) is 5.67. The molecule has 176 valence electrons. The lowest BCUT2D eigenvalue weighted by Crippen LogP contribution is -2.34. The van der Waals surface area contributed by atoms with Crippen molar-refractivity contribution in [2.45, 2.75) is 33.2 Å². The lowest BCUT2D eigenvalue weighted by atomic mass is 10.1. The van der Waals surface area contributed by atoms with E-state index in [0.717, 1.165) is 12.8 Å². The molecule has 0 saturated heterocycles. The molecule has 0 atom stereocenters. The number of pyridine rings is 1. The zero-order valence-corrected chi connectivity index (χ0v) is 19.3. The number of hydrogen-bond acceptors (Lipinski definition) is 7. The van der Waals surface area contributed by atoms with Crippen molar-refractivity contribution in [2.24, 2.45) is 0 Å². The predicted octanol–water partition coefficient (Wildman–Crippen LogP) is 2.69. The van der Waals surface area contributed by atoms with E-state index in [4.69, 9.17) is 14.6 Å². The number of carbonyl (C=O) groups is 2. The number of ether oxygens (including phenoxy) is 2. The molecule has 0 aliphatic heterocycles. The number of benzene rings is 1. The van der Waals surface area contributed by atoms with Gasteiger partial charge in [0.25, 0.3) is 0 Å². The highest BCUT2D eigenvalue weighted by molar-refractivity contribution is 6.15. The summed E-state index contributed by atoms with van der Waals surface area (Å²) in [5, 5.41) is 14.0. The molecule has 2 heterocycles. The second-order valence-electron chi connectivity index (χ2n) is 7.50. The first kappa shape index (κ1) is 24.2. The first-order valence-corrected chi connectivity index (χ1v) is 11.1. The summed E-state index contributed by atoms with van der Waals surface area (Å²) < 4.78 is 12.2. The fourth-order valence-electron chi connectivity index (χ4n) is 3.49. The molecule has 1 amide bonds. The molecule has 9 nitrogen and oxygen atoms in total. The highest BCUT2D eigenvalue weighted by Crippen LogP contribution is 2.26. The van der Waals surface area contributed by atoms with Crippen LogP contribution in [0.15, 0.2) is 36.5 Å². The Morgan fingerprint density at radius 2 is 2.00 bits per heavy atom. The summed E-state index contributed by atoms with van der Waals surface area (Å²) in [6.07, 6.45) is 3.35. The van der Waals surface area contributed by atoms with Crippen LogP contribution >= 0.6 is 0 Å². The number of aliphatic hydroxyl groups is 1. The van der Waals surface area contributed by atoms with E-state index in [1.807, 2.05) is 6.92 Å². The fraction of sp³-hybridized carbons (Fsp3) is 0.417. The second-order valence-corrected chi connectivity index (χ2v) is 7.50. The Bertz CT molecular complexity index is 1090.